The van der Waals surface area contributed by atoms with Crippen LogP contribution in [0.3, 0.4) is 0 Å². The first-order valence-corrected chi connectivity index (χ1v) is 11.7. The molecule has 2 rings (SSSR count). The SMILES string of the molecule is CCCCCC1=[C]([Ti+3])C(C)=C([SiH2]c2c(C)c(C)c(C)c(C)c2C)C1.[Cl-].[Cl-].[Cl-]. The van der Waals surface area contributed by atoms with Gasteiger partial charge in [0.25, 0.3) is 0 Å². The molecule has 0 atom stereocenters. The van der Waals surface area contributed by atoms with Crippen molar-refractivity contribution in [3.8, 4) is 0 Å². The Morgan fingerprint density at radius 1 is 0.778 bits per heavy atom. The second-order valence-corrected chi connectivity index (χ2v) is 10.3. The van der Waals surface area contributed by atoms with E-state index in [1.54, 1.807) is 36.5 Å². The van der Waals surface area contributed by atoms with Crippen molar-refractivity contribution in [1.29, 1.82) is 0 Å². The fourth-order valence-electron chi connectivity index (χ4n) is 3.97. The van der Waals surface area contributed by atoms with E-state index in [0.29, 0.717) is 0 Å². The molecule has 0 amide bonds. The third-order valence-electron chi connectivity index (χ3n) is 6.31. The number of rotatable bonds is 6. The molecule has 5 heteroatoms. The van der Waals surface area contributed by atoms with Crippen LogP contribution < -0.4 is 42.4 Å². The summed E-state index contributed by atoms with van der Waals surface area (Å²) in [5.74, 6) is 0. The Morgan fingerprint density at radius 2 is 1.26 bits per heavy atom. The number of benzene rings is 1. The molecular weight excluding hydrogens is 447 g/mol. The predicted octanol–water partition coefficient (Wildman–Crippen LogP) is -3.91. The Bertz CT molecular complexity index is 692. The molecule has 0 aromatic heterocycles. The number of hydrogen-bond donors (Lipinski definition) is 0. The van der Waals surface area contributed by atoms with Crippen molar-refractivity contribution in [2.24, 2.45) is 0 Å². The van der Waals surface area contributed by atoms with Crippen molar-refractivity contribution >= 4 is 14.7 Å². The van der Waals surface area contributed by atoms with Crippen LogP contribution in [0.4, 0.5) is 0 Å². The maximum absolute atomic E-state index is 2.38. The number of unbranched alkanes of at least 4 members (excludes halogenated alkanes) is 2. The van der Waals surface area contributed by atoms with Crippen LogP contribution in [0, 0.1) is 34.6 Å². The zero-order valence-corrected chi connectivity index (χ0v) is 23.1. The van der Waals surface area contributed by atoms with E-state index in [-0.39, 0.29) is 46.7 Å². The standard InChI is InChI=1S/C22H33Si.3ClH.Ti/c1-8-9-10-11-20-12-14(2)21(13-20)23-22-18(6)16(4)15(3)17(5)19(22)7;;;;/h8-11,13,23H2,1-7H3;3*1H;/q;;;;+3/p-3. The van der Waals surface area contributed by atoms with E-state index >= 15 is 0 Å². The minimum absolute atomic E-state index is 0. The average molecular weight is 480 g/mol. The van der Waals surface area contributed by atoms with E-state index in [2.05, 4.69) is 68.9 Å². The van der Waals surface area contributed by atoms with E-state index < -0.39 is 0 Å². The van der Waals surface area contributed by atoms with Crippen LogP contribution in [0.2, 0.25) is 0 Å². The molecule has 0 aliphatic heterocycles. The van der Waals surface area contributed by atoms with Crippen molar-refractivity contribution in [3.63, 3.8) is 0 Å². The van der Waals surface area contributed by atoms with Gasteiger partial charge in [-0.2, -0.15) is 0 Å². The van der Waals surface area contributed by atoms with Crippen molar-refractivity contribution in [2.45, 2.75) is 80.6 Å². The van der Waals surface area contributed by atoms with Gasteiger partial charge in [-0.25, -0.2) is 0 Å². The summed E-state index contributed by atoms with van der Waals surface area (Å²) in [6, 6.07) is 0. The minimum atomic E-state index is -0.353. The second-order valence-electron chi connectivity index (χ2n) is 7.62. The molecule has 1 aliphatic rings. The zero-order chi connectivity index (χ0) is 18.0. The van der Waals surface area contributed by atoms with Crippen LogP contribution in [-0.2, 0) is 20.4 Å². The molecule has 0 saturated heterocycles. The summed E-state index contributed by atoms with van der Waals surface area (Å²) in [7, 11) is -0.353. The van der Waals surface area contributed by atoms with Gasteiger partial charge in [0.2, 0.25) is 0 Å². The second kappa shape index (κ2) is 12.9. The average Bonchev–Trinajstić information content (AvgIpc) is 2.83. The van der Waals surface area contributed by atoms with E-state index in [9.17, 15) is 0 Å². The molecule has 0 spiro atoms. The zero-order valence-electron chi connectivity index (χ0n) is 17.9. The monoisotopic (exact) mass is 478 g/mol. The fourth-order valence-corrected chi connectivity index (χ4v) is 7.22. The van der Waals surface area contributed by atoms with E-state index in [1.165, 1.54) is 48.8 Å². The molecule has 150 valence electrons. The third kappa shape index (κ3) is 6.49. The van der Waals surface area contributed by atoms with E-state index in [0.717, 1.165) is 0 Å². The van der Waals surface area contributed by atoms with Gasteiger partial charge < -0.3 is 37.2 Å². The summed E-state index contributed by atoms with van der Waals surface area (Å²) in [5.41, 5.74) is 11.0. The van der Waals surface area contributed by atoms with Crippen LogP contribution in [0.1, 0.15) is 73.8 Å². The fraction of sp³-hybridized carbons (Fsp3) is 0.545. The van der Waals surface area contributed by atoms with Crippen molar-refractivity contribution in [2.75, 3.05) is 0 Å². The van der Waals surface area contributed by atoms with Crippen molar-refractivity contribution < 1.29 is 57.7 Å². The van der Waals surface area contributed by atoms with Crippen LogP contribution in [0.25, 0.3) is 0 Å². The quantitative estimate of drug-likeness (QED) is 0.289. The molecule has 0 fully saturated rings. The van der Waals surface area contributed by atoms with Gasteiger partial charge >= 0.3 is 164 Å². The van der Waals surface area contributed by atoms with Gasteiger partial charge in [0.05, 0.1) is 0 Å². The smallest absolute Gasteiger partial charge is 1.00 e. The van der Waals surface area contributed by atoms with Gasteiger partial charge in [-0.15, -0.1) is 0 Å². The molecular formula is C22H33Cl3SiTi. The number of halogens is 3. The number of hydrogen-bond acceptors (Lipinski definition) is 0. The molecule has 0 N–H and O–H groups in total. The van der Waals surface area contributed by atoms with Crippen molar-refractivity contribution in [3.05, 3.63) is 48.0 Å². The third-order valence-corrected chi connectivity index (χ3v) is 10.1. The first kappa shape index (κ1) is 29.7. The summed E-state index contributed by atoms with van der Waals surface area (Å²) in [4.78, 5) is 0. The minimum Gasteiger partial charge on any atom is -1.00 e. The Hall–Kier alpha value is 0.501. The Labute approximate surface area is 199 Å². The molecule has 0 unspecified atom stereocenters. The predicted molar refractivity (Wildman–Crippen MR) is 107 cm³/mol. The molecule has 1 aromatic rings. The summed E-state index contributed by atoms with van der Waals surface area (Å²) >= 11 is 2.36. The molecule has 0 heterocycles. The number of allylic oxidation sites excluding steroid dienone is 4. The van der Waals surface area contributed by atoms with Gasteiger partial charge in [-0.3, -0.25) is 0 Å². The molecule has 0 radical (unpaired) electrons. The van der Waals surface area contributed by atoms with Crippen LogP contribution in [0.15, 0.2) is 20.2 Å². The molecule has 0 saturated carbocycles. The van der Waals surface area contributed by atoms with E-state index in [1.807, 2.05) is 0 Å². The maximum atomic E-state index is 2.38. The summed E-state index contributed by atoms with van der Waals surface area (Å²) < 4.78 is 1.62. The van der Waals surface area contributed by atoms with Gasteiger partial charge in [0, 0.05) is 0 Å². The van der Waals surface area contributed by atoms with Gasteiger partial charge in [0.1, 0.15) is 0 Å². The molecule has 1 aliphatic carbocycles. The van der Waals surface area contributed by atoms with Gasteiger partial charge in [-0.05, 0) is 0 Å². The Balaban J connectivity index is 0. The van der Waals surface area contributed by atoms with E-state index in [4.69, 9.17) is 0 Å². The van der Waals surface area contributed by atoms with Crippen LogP contribution in [0.5, 0.6) is 0 Å². The normalized spacial score (nSPS) is 13.8. The van der Waals surface area contributed by atoms with Crippen molar-refractivity contribution in [1.82, 2.24) is 0 Å². The summed E-state index contributed by atoms with van der Waals surface area (Å²) in [6.07, 6.45) is 6.65. The molecule has 1 aromatic carbocycles. The molecule has 0 bridgehead atoms. The first-order chi connectivity index (χ1) is 11.3. The molecule has 27 heavy (non-hydrogen) atoms. The topological polar surface area (TPSA) is 0 Å². The Kier molecular flexibility index (Phi) is 14.2. The van der Waals surface area contributed by atoms with Gasteiger partial charge in [0.15, 0.2) is 0 Å². The maximum Gasteiger partial charge on any atom is -1.00 e. The Morgan fingerprint density at radius 3 is 1.74 bits per heavy atom. The first-order valence-electron chi connectivity index (χ1n) is 9.47. The van der Waals surface area contributed by atoms with Crippen LogP contribution in [-0.4, -0.2) is 9.52 Å². The van der Waals surface area contributed by atoms with Crippen LogP contribution >= 0.6 is 0 Å². The largest absolute Gasteiger partial charge is 1.00 e. The summed E-state index contributed by atoms with van der Waals surface area (Å²) in [5, 5.41) is 3.51. The molecule has 0 nitrogen and oxygen atoms in total. The summed E-state index contributed by atoms with van der Waals surface area (Å²) in [6.45, 7) is 16.3. The van der Waals surface area contributed by atoms with Gasteiger partial charge in [-0.1, -0.05) is 0 Å².